The van der Waals surface area contributed by atoms with Crippen molar-refractivity contribution in [3.63, 3.8) is 0 Å². The second-order valence-corrected chi connectivity index (χ2v) is 5.75. The van der Waals surface area contributed by atoms with Gasteiger partial charge < -0.3 is 14.7 Å². The second-order valence-electron chi connectivity index (χ2n) is 5.75. The minimum Gasteiger partial charge on any atom is -0.497 e. The van der Waals surface area contributed by atoms with E-state index in [9.17, 15) is 9.90 Å². The first kappa shape index (κ1) is 15.0. The molecule has 1 aromatic carbocycles. The van der Waals surface area contributed by atoms with Crippen LogP contribution in [0.25, 0.3) is 10.9 Å². The van der Waals surface area contributed by atoms with Gasteiger partial charge in [0.2, 0.25) is 0 Å². The summed E-state index contributed by atoms with van der Waals surface area (Å²) < 4.78 is 6.63. The first-order valence-corrected chi connectivity index (χ1v) is 7.61. The number of benzene rings is 1. The number of ether oxygens (including phenoxy) is 1. The highest BCUT2D eigenvalue weighted by Gasteiger charge is 2.17. The van der Waals surface area contributed by atoms with Gasteiger partial charge in [-0.15, -0.1) is 0 Å². The summed E-state index contributed by atoms with van der Waals surface area (Å²) in [5.74, 6) is 0.627. The molecule has 0 aliphatic carbocycles. The summed E-state index contributed by atoms with van der Waals surface area (Å²) in [5, 5.41) is 10.7. The van der Waals surface area contributed by atoms with Crippen LogP contribution < -0.4 is 10.3 Å². The van der Waals surface area contributed by atoms with Crippen molar-refractivity contribution in [3.05, 3.63) is 34.9 Å². The molecule has 1 aromatic heterocycles. The van der Waals surface area contributed by atoms with Crippen molar-refractivity contribution >= 4 is 10.9 Å². The standard InChI is InChI=1S/C16H21N3O3/c1-22-13-4-5-15-14(8-13)16(21)19(11-17-15)10-12(20)9-18-6-2-3-7-18/h4-5,8,11-12,20H,2-3,6-7,9-10H2,1H3/t12-/m0/s1. The van der Waals surface area contributed by atoms with E-state index < -0.39 is 6.10 Å². The largest absolute Gasteiger partial charge is 0.497 e. The number of fused-ring (bicyclic) bond motifs is 1. The zero-order valence-corrected chi connectivity index (χ0v) is 12.7. The summed E-state index contributed by atoms with van der Waals surface area (Å²) in [6.45, 7) is 2.91. The number of nitrogens with zero attached hydrogens (tertiary/aromatic N) is 3. The van der Waals surface area contributed by atoms with Gasteiger partial charge in [-0.3, -0.25) is 9.36 Å². The normalized spacial score (nSPS) is 17.0. The molecule has 6 heteroatoms. The highest BCUT2D eigenvalue weighted by atomic mass is 16.5. The summed E-state index contributed by atoms with van der Waals surface area (Å²) in [6.07, 6.45) is 3.30. The number of hydrogen-bond acceptors (Lipinski definition) is 5. The van der Waals surface area contributed by atoms with Gasteiger partial charge >= 0.3 is 0 Å². The van der Waals surface area contributed by atoms with Crippen LogP contribution in [0.1, 0.15) is 12.8 Å². The van der Waals surface area contributed by atoms with E-state index in [0.717, 1.165) is 13.1 Å². The van der Waals surface area contributed by atoms with Crippen LogP contribution in [0.4, 0.5) is 0 Å². The lowest BCUT2D eigenvalue weighted by Gasteiger charge is -2.20. The molecule has 1 aliphatic rings. The van der Waals surface area contributed by atoms with Crippen LogP contribution in [0.3, 0.4) is 0 Å². The third kappa shape index (κ3) is 3.13. The van der Waals surface area contributed by atoms with Gasteiger partial charge in [0, 0.05) is 6.54 Å². The number of aliphatic hydroxyl groups excluding tert-OH is 1. The molecule has 3 rings (SSSR count). The number of aromatic nitrogens is 2. The van der Waals surface area contributed by atoms with Crippen LogP contribution in [0, 0.1) is 0 Å². The Labute approximate surface area is 129 Å². The Morgan fingerprint density at radius 3 is 2.82 bits per heavy atom. The van der Waals surface area contributed by atoms with Crippen LogP contribution in [-0.4, -0.2) is 52.4 Å². The van der Waals surface area contributed by atoms with E-state index in [1.807, 2.05) is 0 Å². The van der Waals surface area contributed by atoms with E-state index >= 15 is 0 Å². The van der Waals surface area contributed by atoms with E-state index in [2.05, 4.69) is 9.88 Å². The maximum atomic E-state index is 12.5. The first-order valence-electron chi connectivity index (χ1n) is 7.61. The molecule has 2 aromatic rings. The molecule has 0 unspecified atom stereocenters. The van der Waals surface area contributed by atoms with Crippen molar-refractivity contribution in [2.45, 2.75) is 25.5 Å². The van der Waals surface area contributed by atoms with Gasteiger partial charge in [0.25, 0.3) is 5.56 Å². The smallest absolute Gasteiger partial charge is 0.261 e. The van der Waals surface area contributed by atoms with Gasteiger partial charge in [-0.05, 0) is 44.1 Å². The van der Waals surface area contributed by atoms with Crippen molar-refractivity contribution in [1.29, 1.82) is 0 Å². The maximum Gasteiger partial charge on any atom is 0.261 e. The predicted molar refractivity (Wildman–Crippen MR) is 84.2 cm³/mol. The van der Waals surface area contributed by atoms with Crippen LogP contribution in [0.5, 0.6) is 5.75 Å². The number of aliphatic hydroxyl groups is 1. The van der Waals surface area contributed by atoms with E-state index in [-0.39, 0.29) is 12.1 Å². The van der Waals surface area contributed by atoms with Crippen LogP contribution in [0.2, 0.25) is 0 Å². The lowest BCUT2D eigenvalue weighted by molar-refractivity contribution is 0.108. The second kappa shape index (κ2) is 6.46. The van der Waals surface area contributed by atoms with Gasteiger partial charge in [-0.25, -0.2) is 4.98 Å². The Morgan fingerprint density at radius 1 is 1.32 bits per heavy atom. The highest BCUT2D eigenvalue weighted by Crippen LogP contribution is 2.16. The number of methoxy groups -OCH3 is 1. The third-order valence-corrected chi connectivity index (χ3v) is 4.11. The SMILES string of the molecule is COc1ccc2ncn(C[C@@H](O)CN3CCCC3)c(=O)c2c1. The van der Waals surface area contributed by atoms with Crippen molar-refractivity contribution in [2.75, 3.05) is 26.7 Å². The highest BCUT2D eigenvalue weighted by molar-refractivity contribution is 5.78. The van der Waals surface area contributed by atoms with Gasteiger partial charge in [-0.1, -0.05) is 0 Å². The number of likely N-dealkylation sites (tertiary alicyclic amines) is 1. The average molecular weight is 303 g/mol. The molecule has 6 nitrogen and oxygen atoms in total. The van der Waals surface area contributed by atoms with Gasteiger partial charge in [0.1, 0.15) is 5.75 Å². The molecule has 0 bridgehead atoms. The Balaban J connectivity index is 1.81. The van der Waals surface area contributed by atoms with Gasteiger partial charge in [0.05, 0.1) is 37.0 Å². The summed E-state index contributed by atoms with van der Waals surface area (Å²) in [6, 6.07) is 5.23. The first-order chi connectivity index (χ1) is 10.7. The minimum absolute atomic E-state index is 0.149. The molecule has 118 valence electrons. The molecule has 1 saturated heterocycles. The fraction of sp³-hybridized carbons (Fsp3) is 0.500. The van der Waals surface area contributed by atoms with Gasteiger partial charge in [0.15, 0.2) is 0 Å². The fourth-order valence-corrected chi connectivity index (χ4v) is 2.94. The Kier molecular flexibility index (Phi) is 4.40. The topological polar surface area (TPSA) is 67.6 Å². The Bertz CT molecular complexity index is 707. The van der Waals surface area contributed by atoms with Gasteiger partial charge in [-0.2, -0.15) is 0 Å². The van der Waals surface area contributed by atoms with Crippen molar-refractivity contribution < 1.29 is 9.84 Å². The molecule has 1 fully saturated rings. The monoisotopic (exact) mass is 303 g/mol. The summed E-state index contributed by atoms with van der Waals surface area (Å²) in [7, 11) is 1.57. The summed E-state index contributed by atoms with van der Waals surface area (Å²) in [5.41, 5.74) is 0.487. The molecule has 1 N–H and O–H groups in total. The van der Waals surface area contributed by atoms with E-state index in [4.69, 9.17) is 4.74 Å². The maximum absolute atomic E-state index is 12.5. The Morgan fingerprint density at radius 2 is 2.09 bits per heavy atom. The molecule has 2 heterocycles. The molecule has 0 saturated carbocycles. The molecule has 22 heavy (non-hydrogen) atoms. The van der Waals surface area contributed by atoms with Crippen LogP contribution in [-0.2, 0) is 6.54 Å². The van der Waals surface area contributed by atoms with Crippen molar-refractivity contribution in [2.24, 2.45) is 0 Å². The summed E-state index contributed by atoms with van der Waals surface area (Å²) >= 11 is 0. The van der Waals surface area contributed by atoms with Crippen LogP contribution >= 0.6 is 0 Å². The molecule has 1 aliphatic heterocycles. The molecule has 0 spiro atoms. The van der Waals surface area contributed by atoms with E-state index in [1.165, 1.54) is 23.7 Å². The molecular formula is C16H21N3O3. The number of hydrogen-bond donors (Lipinski definition) is 1. The molecular weight excluding hydrogens is 282 g/mol. The van der Waals surface area contributed by atoms with Crippen LogP contribution in [0.15, 0.2) is 29.3 Å². The van der Waals surface area contributed by atoms with E-state index in [0.29, 0.717) is 23.2 Å². The third-order valence-electron chi connectivity index (χ3n) is 4.11. The molecule has 0 amide bonds. The summed E-state index contributed by atoms with van der Waals surface area (Å²) in [4.78, 5) is 19.0. The quantitative estimate of drug-likeness (QED) is 0.887. The predicted octanol–water partition coefficient (Wildman–Crippen LogP) is 0.862. The lowest BCUT2D eigenvalue weighted by atomic mass is 10.2. The minimum atomic E-state index is -0.569. The number of rotatable bonds is 5. The fourth-order valence-electron chi connectivity index (χ4n) is 2.94. The lowest BCUT2D eigenvalue weighted by Crippen LogP contribution is -2.35. The Hall–Kier alpha value is -1.92. The zero-order valence-electron chi connectivity index (χ0n) is 12.7. The average Bonchev–Trinajstić information content (AvgIpc) is 3.02. The molecule has 0 radical (unpaired) electrons. The van der Waals surface area contributed by atoms with Crippen molar-refractivity contribution in [3.8, 4) is 5.75 Å². The molecule has 1 atom stereocenters. The van der Waals surface area contributed by atoms with E-state index in [1.54, 1.807) is 25.3 Å². The van der Waals surface area contributed by atoms with Crippen molar-refractivity contribution in [1.82, 2.24) is 14.5 Å². The number of β-amino-alcohol motifs (C(OH)–C–C–N with tert-alkyl or cyclic N) is 1. The zero-order chi connectivity index (χ0) is 15.5.